The van der Waals surface area contributed by atoms with Gasteiger partial charge >= 0.3 is 5.97 Å². The summed E-state index contributed by atoms with van der Waals surface area (Å²) in [4.78, 5) is 23.2. The predicted molar refractivity (Wildman–Crippen MR) is 101 cm³/mol. The Bertz CT molecular complexity index is 675. The summed E-state index contributed by atoms with van der Waals surface area (Å²) in [5, 5.41) is 2.84. The van der Waals surface area contributed by atoms with E-state index in [1.807, 2.05) is 54.6 Å². The number of methoxy groups -OCH3 is 1. The third kappa shape index (κ3) is 6.95. The van der Waals surface area contributed by atoms with E-state index in [0.717, 1.165) is 11.1 Å². The van der Waals surface area contributed by atoms with Crippen LogP contribution >= 0.6 is 12.4 Å². The van der Waals surface area contributed by atoms with E-state index in [9.17, 15) is 9.59 Å². The van der Waals surface area contributed by atoms with E-state index in [4.69, 9.17) is 5.73 Å². The molecule has 2 aromatic rings. The summed E-state index contributed by atoms with van der Waals surface area (Å²) in [7, 11) is 1.38. The quantitative estimate of drug-likeness (QED) is 0.741. The minimum absolute atomic E-state index is 0. The zero-order valence-corrected chi connectivity index (χ0v) is 14.9. The number of hydrogen-bond donors (Lipinski definition) is 2. The van der Waals surface area contributed by atoms with Crippen LogP contribution in [0.15, 0.2) is 54.6 Å². The Morgan fingerprint density at radius 3 is 2.32 bits per heavy atom. The fourth-order valence-corrected chi connectivity index (χ4v) is 2.33. The Balaban J connectivity index is 0.00000312. The number of anilines is 1. The van der Waals surface area contributed by atoms with Crippen molar-refractivity contribution in [1.82, 2.24) is 0 Å². The number of nitrogens with two attached hydrogens (primary N) is 1. The number of carbonyl (C=O) groups excluding carboxylic acids is 2. The Morgan fingerprint density at radius 1 is 1.08 bits per heavy atom. The predicted octanol–water partition coefficient (Wildman–Crippen LogP) is 3.24. The van der Waals surface area contributed by atoms with Crippen molar-refractivity contribution < 1.29 is 14.3 Å². The average Bonchev–Trinajstić information content (AvgIpc) is 2.61. The molecule has 1 amide bonds. The minimum atomic E-state index is -0.328. The third-order valence-corrected chi connectivity index (χ3v) is 3.72. The van der Waals surface area contributed by atoms with Crippen LogP contribution < -0.4 is 11.1 Å². The van der Waals surface area contributed by atoms with Gasteiger partial charge in [-0.1, -0.05) is 42.5 Å². The molecule has 0 saturated carbocycles. The van der Waals surface area contributed by atoms with Gasteiger partial charge in [-0.05, 0) is 29.7 Å². The van der Waals surface area contributed by atoms with E-state index in [1.54, 1.807) is 0 Å². The molecular formula is C19H23ClN2O3. The molecule has 1 unspecified atom stereocenters. The number of rotatable bonds is 7. The maximum atomic E-state index is 12.1. The van der Waals surface area contributed by atoms with Crippen LogP contribution in [0.25, 0.3) is 0 Å². The number of nitrogens with one attached hydrogen (secondary N) is 1. The van der Waals surface area contributed by atoms with Crippen LogP contribution in [0.2, 0.25) is 0 Å². The largest absolute Gasteiger partial charge is 0.469 e. The Hall–Kier alpha value is -2.37. The molecule has 2 rings (SSSR count). The lowest BCUT2D eigenvalue weighted by molar-refractivity contribution is -0.140. The molecule has 0 aliphatic heterocycles. The van der Waals surface area contributed by atoms with Crippen molar-refractivity contribution in [3.8, 4) is 0 Å². The zero-order valence-electron chi connectivity index (χ0n) is 14.1. The van der Waals surface area contributed by atoms with Crippen LogP contribution in [0.4, 0.5) is 5.69 Å². The fraction of sp³-hybridized carbons (Fsp3) is 0.263. The first kappa shape index (κ1) is 20.7. The van der Waals surface area contributed by atoms with Crippen molar-refractivity contribution in [2.24, 2.45) is 5.73 Å². The first-order valence-corrected chi connectivity index (χ1v) is 7.84. The highest BCUT2D eigenvalue weighted by Gasteiger charge is 2.11. The van der Waals surface area contributed by atoms with Crippen LogP contribution in [0.5, 0.6) is 0 Å². The molecule has 0 bridgehead atoms. The van der Waals surface area contributed by atoms with Gasteiger partial charge in [0.25, 0.3) is 0 Å². The van der Waals surface area contributed by atoms with Crippen molar-refractivity contribution in [1.29, 1.82) is 0 Å². The van der Waals surface area contributed by atoms with E-state index in [0.29, 0.717) is 18.5 Å². The zero-order chi connectivity index (χ0) is 17.4. The van der Waals surface area contributed by atoms with Gasteiger partial charge in [-0.15, -0.1) is 12.4 Å². The molecule has 134 valence electrons. The summed E-state index contributed by atoms with van der Waals surface area (Å²) in [5.74, 6) is -0.365. The first-order chi connectivity index (χ1) is 11.6. The van der Waals surface area contributed by atoms with E-state index < -0.39 is 0 Å². The highest BCUT2D eigenvalue weighted by molar-refractivity contribution is 5.91. The summed E-state index contributed by atoms with van der Waals surface area (Å²) in [5.41, 5.74) is 8.71. The van der Waals surface area contributed by atoms with Crippen molar-refractivity contribution in [3.05, 3.63) is 65.7 Å². The molecule has 0 aromatic heterocycles. The maximum absolute atomic E-state index is 12.1. The monoisotopic (exact) mass is 362 g/mol. The molecule has 3 N–H and O–H groups in total. The number of esters is 1. The second kappa shape index (κ2) is 10.5. The molecule has 25 heavy (non-hydrogen) atoms. The normalized spacial score (nSPS) is 11.1. The third-order valence-electron chi connectivity index (χ3n) is 3.72. The molecule has 0 fully saturated rings. The smallest absolute Gasteiger partial charge is 0.305 e. The van der Waals surface area contributed by atoms with Crippen LogP contribution in [0.1, 0.15) is 30.0 Å². The van der Waals surface area contributed by atoms with Crippen LogP contribution in [0.3, 0.4) is 0 Å². The highest BCUT2D eigenvalue weighted by Crippen LogP contribution is 2.16. The minimum Gasteiger partial charge on any atom is -0.469 e. The van der Waals surface area contributed by atoms with Crippen molar-refractivity contribution >= 4 is 30.0 Å². The molecule has 0 heterocycles. The molecular weight excluding hydrogens is 340 g/mol. The van der Waals surface area contributed by atoms with Gasteiger partial charge in [0, 0.05) is 24.6 Å². The summed E-state index contributed by atoms with van der Waals surface area (Å²) >= 11 is 0. The lowest BCUT2D eigenvalue weighted by Gasteiger charge is -2.12. The number of halogens is 1. The summed E-state index contributed by atoms with van der Waals surface area (Å²) in [6.07, 6.45) is 1.17. The number of aryl methyl sites for hydroxylation is 1. The van der Waals surface area contributed by atoms with E-state index >= 15 is 0 Å². The van der Waals surface area contributed by atoms with Gasteiger partial charge in [0.1, 0.15) is 0 Å². The lowest BCUT2D eigenvalue weighted by atomic mass is 10.0. The second-order valence-corrected chi connectivity index (χ2v) is 5.54. The fourth-order valence-electron chi connectivity index (χ4n) is 2.33. The van der Waals surface area contributed by atoms with E-state index in [2.05, 4.69) is 10.1 Å². The van der Waals surface area contributed by atoms with Crippen molar-refractivity contribution in [2.75, 3.05) is 12.4 Å². The molecule has 6 heteroatoms. The molecule has 0 spiro atoms. The number of ether oxygens (including phenoxy) is 1. The number of amides is 1. The van der Waals surface area contributed by atoms with Crippen molar-refractivity contribution in [3.63, 3.8) is 0 Å². The van der Waals surface area contributed by atoms with E-state index in [-0.39, 0.29) is 36.7 Å². The topological polar surface area (TPSA) is 81.4 Å². The molecule has 0 radical (unpaired) electrons. The lowest BCUT2D eigenvalue weighted by Crippen LogP contribution is -2.20. The number of benzene rings is 2. The average molecular weight is 363 g/mol. The number of carbonyl (C=O) groups is 2. The molecule has 0 aliphatic rings. The van der Waals surface area contributed by atoms with Crippen LogP contribution in [-0.4, -0.2) is 19.0 Å². The highest BCUT2D eigenvalue weighted by atomic mass is 35.5. The van der Waals surface area contributed by atoms with E-state index in [1.165, 1.54) is 7.11 Å². The molecule has 2 aromatic carbocycles. The van der Waals surface area contributed by atoms with Crippen LogP contribution in [0, 0.1) is 0 Å². The summed E-state index contributed by atoms with van der Waals surface area (Å²) in [6.45, 7) is 0. The number of hydrogen-bond acceptors (Lipinski definition) is 4. The van der Waals surface area contributed by atoms with Gasteiger partial charge in [-0.2, -0.15) is 0 Å². The second-order valence-electron chi connectivity index (χ2n) is 5.54. The summed E-state index contributed by atoms with van der Waals surface area (Å²) < 4.78 is 4.61. The summed E-state index contributed by atoms with van der Waals surface area (Å²) in [6, 6.07) is 16.6. The molecule has 0 saturated heterocycles. The Labute approximate surface area is 154 Å². The van der Waals surface area contributed by atoms with Gasteiger partial charge in [-0.3, -0.25) is 9.59 Å². The first-order valence-electron chi connectivity index (χ1n) is 7.84. The maximum Gasteiger partial charge on any atom is 0.305 e. The molecule has 5 nitrogen and oxygen atoms in total. The molecule has 1 atom stereocenters. The van der Waals surface area contributed by atoms with Gasteiger partial charge in [-0.25, -0.2) is 0 Å². The SMILES string of the molecule is COC(=O)CCc1ccc(NC(=O)CC(N)c2ccccc2)cc1.Cl. The Kier molecular flexibility index (Phi) is 8.67. The van der Waals surface area contributed by atoms with Crippen LogP contribution in [-0.2, 0) is 20.7 Å². The van der Waals surface area contributed by atoms with Gasteiger partial charge in [0.15, 0.2) is 0 Å². The Morgan fingerprint density at radius 2 is 1.72 bits per heavy atom. The van der Waals surface area contributed by atoms with Crippen molar-refractivity contribution in [2.45, 2.75) is 25.3 Å². The molecule has 0 aliphatic carbocycles. The standard InChI is InChI=1S/C19H22N2O3.ClH/c1-24-19(23)12-9-14-7-10-16(11-8-14)21-18(22)13-17(20)15-5-3-2-4-6-15;/h2-8,10-11,17H,9,12-13,20H2,1H3,(H,21,22);1H. The van der Waals surface area contributed by atoms with Gasteiger partial charge in [0.05, 0.1) is 7.11 Å². The van der Waals surface area contributed by atoms with Gasteiger partial charge in [0.2, 0.25) is 5.91 Å². The van der Waals surface area contributed by atoms with Gasteiger partial charge < -0.3 is 15.8 Å².